The molecule has 0 heterocycles. The Morgan fingerprint density at radius 2 is 1.95 bits per heavy atom. The summed E-state index contributed by atoms with van der Waals surface area (Å²) in [4.78, 5) is 11.0. The summed E-state index contributed by atoms with van der Waals surface area (Å²) in [5.74, 6) is -0.810. The topological polar surface area (TPSA) is 46.5 Å². The van der Waals surface area contributed by atoms with Gasteiger partial charge in [-0.2, -0.15) is 0 Å². The maximum atomic E-state index is 14.1. The molecule has 0 fully saturated rings. The second-order valence-electron chi connectivity index (χ2n) is 4.66. The van der Waals surface area contributed by atoms with Crippen molar-refractivity contribution in [1.29, 1.82) is 0 Å². The number of ether oxygens (including phenoxy) is 1. The molecule has 1 N–H and O–H groups in total. The highest BCUT2D eigenvalue weighted by molar-refractivity contribution is 5.69. The van der Waals surface area contributed by atoms with Crippen molar-refractivity contribution in [3.63, 3.8) is 0 Å². The molecule has 1 unspecified atom stereocenters. The predicted molar refractivity (Wildman–Crippen MR) is 78.0 cm³/mol. The van der Waals surface area contributed by atoms with Gasteiger partial charge in [0, 0.05) is 12.0 Å². The lowest BCUT2D eigenvalue weighted by atomic mass is 10.0. The number of esters is 1. The molecule has 2 aromatic rings. The number of aliphatic hydroxyl groups is 1. The summed E-state index contributed by atoms with van der Waals surface area (Å²) in [6.45, 7) is 1.50. The molecule has 0 spiro atoms. The van der Waals surface area contributed by atoms with Crippen molar-refractivity contribution in [2.24, 2.45) is 0 Å². The normalized spacial score (nSPS) is 12.0. The summed E-state index contributed by atoms with van der Waals surface area (Å²) in [6, 6.07) is 13.7. The van der Waals surface area contributed by atoms with Gasteiger partial charge in [-0.25, -0.2) is 4.39 Å². The summed E-state index contributed by atoms with van der Waals surface area (Å²) >= 11 is 0. The third kappa shape index (κ3) is 3.89. The minimum absolute atomic E-state index is 0.170. The van der Waals surface area contributed by atoms with E-state index in [1.54, 1.807) is 19.1 Å². The van der Waals surface area contributed by atoms with Crippen molar-refractivity contribution in [1.82, 2.24) is 0 Å². The maximum absolute atomic E-state index is 14.1. The first kappa shape index (κ1) is 15.2. The van der Waals surface area contributed by atoms with Crippen molar-refractivity contribution >= 4 is 5.97 Å². The van der Waals surface area contributed by atoms with Crippen LogP contribution in [0, 0.1) is 5.82 Å². The van der Waals surface area contributed by atoms with Gasteiger partial charge in [0.15, 0.2) is 0 Å². The van der Waals surface area contributed by atoms with Crippen LogP contribution in [0.15, 0.2) is 48.5 Å². The van der Waals surface area contributed by atoms with E-state index < -0.39 is 17.9 Å². The van der Waals surface area contributed by atoms with E-state index >= 15 is 0 Å². The molecule has 2 aromatic carbocycles. The molecule has 2 rings (SSSR count). The first-order chi connectivity index (χ1) is 10.1. The minimum Gasteiger partial charge on any atom is -0.463 e. The van der Waals surface area contributed by atoms with Crippen LogP contribution in [0.5, 0.6) is 0 Å². The first-order valence-corrected chi connectivity index (χ1v) is 6.80. The molecule has 0 amide bonds. The lowest BCUT2D eigenvalue weighted by molar-refractivity contribution is -0.146. The fourth-order valence-corrected chi connectivity index (χ4v) is 1.96. The Labute approximate surface area is 123 Å². The van der Waals surface area contributed by atoms with Gasteiger partial charge in [0.05, 0.1) is 0 Å². The lowest BCUT2D eigenvalue weighted by Gasteiger charge is -2.13. The van der Waals surface area contributed by atoms with Crippen LogP contribution in [-0.4, -0.2) is 17.7 Å². The smallest absolute Gasteiger partial charge is 0.305 e. The van der Waals surface area contributed by atoms with Crippen molar-refractivity contribution in [2.75, 3.05) is 6.61 Å². The molecule has 0 radical (unpaired) electrons. The van der Waals surface area contributed by atoms with Gasteiger partial charge in [0.25, 0.3) is 0 Å². The van der Waals surface area contributed by atoms with Gasteiger partial charge < -0.3 is 9.84 Å². The van der Waals surface area contributed by atoms with Crippen molar-refractivity contribution < 1.29 is 19.0 Å². The molecule has 21 heavy (non-hydrogen) atoms. The van der Waals surface area contributed by atoms with Gasteiger partial charge in [-0.1, -0.05) is 49.4 Å². The largest absolute Gasteiger partial charge is 0.463 e. The van der Waals surface area contributed by atoms with Crippen molar-refractivity contribution in [3.05, 3.63) is 59.9 Å². The van der Waals surface area contributed by atoms with Crippen LogP contribution in [0.3, 0.4) is 0 Å². The number of hydrogen-bond acceptors (Lipinski definition) is 3. The number of halogens is 1. The monoisotopic (exact) mass is 288 g/mol. The molecule has 0 bridgehead atoms. The Bertz CT molecular complexity index is 611. The van der Waals surface area contributed by atoms with Crippen LogP contribution < -0.4 is 0 Å². The summed E-state index contributed by atoms with van der Waals surface area (Å²) in [5.41, 5.74) is 1.63. The molecule has 110 valence electrons. The highest BCUT2D eigenvalue weighted by atomic mass is 19.1. The van der Waals surface area contributed by atoms with Crippen LogP contribution in [0.1, 0.15) is 25.0 Å². The molecule has 4 heteroatoms. The standard InChI is InChI=1S/C17H17FO3/c1-2-17(20)21-11-16(19)13-8-9-14(15(18)10-13)12-6-4-3-5-7-12/h3-10,16,19H,2,11H2,1H3. The van der Waals surface area contributed by atoms with E-state index in [0.717, 1.165) is 5.56 Å². The van der Waals surface area contributed by atoms with Gasteiger partial charge >= 0.3 is 5.97 Å². The molecule has 1 atom stereocenters. The van der Waals surface area contributed by atoms with E-state index in [2.05, 4.69) is 0 Å². The van der Waals surface area contributed by atoms with E-state index in [1.165, 1.54) is 6.07 Å². The van der Waals surface area contributed by atoms with E-state index in [4.69, 9.17) is 4.74 Å². The van der Waals surface area contributed by atoms with E-state index in [-0.39, 0.29) is 13.0 Å². The molecule has 0 aliphatic heterocycles. The van der Waals surface area contributed by atoms with Gasteiger partial charge in [-0.3, -0.25) is 4.79 Å². The number of aliphatic hydroxyl groups excluding tert-OH is 1. The fraction of sp³-hybridized carbons (Fsp3) is 0.235. The summed E-state index contributed by atoms with van der Waals surface area (Å²) in [6.07, 6.45) is -0.784. The molecular weight excluding hydrogens is 271 g/mol. The van der Waals surface area contributed by atoms with Gasteiger partial charge in [0.1, 0.15) is 18.5 Å². The zero-order valence-corrected chi connectivity index (χ0v) is 11.8. The van der Waals surface area contributed by atoms with Crippen molar-refractivity contribution in [3.8, 4) is 11.1 Å². The third-order valence-corrected chi connectivity index (χ3v) is 3.15. The number of benzene rings is 2. The summed E-state index contributed by atoms with van der Waals surface area (Å²) in [7, 11) is 0. The molecule has 0 saturated carbocycles. The second-order valence-corrected chi connectivity index (χ2v) is 4.66. The van der Waals surface area contributed by atoms with E-state index in [9.17, 15) is 14.3 Å². The highest BCUT2D eigenvalue weighted by Crippen LogP contribution is 2.25. The molecule has 0 aliphatic carbocycles. The van der Waals surface area contributed by atoms with Crippen LogP contribution in [0.4, 0.5) is 4.39 Å². The molecule has 3 nitrogen and oxygen atoms in total. The Balaban J connectivity index is 2.14. The second kappa shape index (κ2) is 6.99. The minimum atomic E-state index is -1.03. The Morgan fingerprint density at radius 3 is 2.57 bits per heavy atom. The van der Waals surface area contributed by atoms with Gasteiger partial charge in [-0.05, 0) is 17.2 Å². The number of hydrogen-bond donors (Lipinski definition) is 1. The lowest BCUT2D eigenvalue weighted by Crippen LogP contribution is -2.12. The number of carbonyl (C=O) groups excluding carboxylic acids is 1. The third-order valence-electron chi connectivity index (χ3n) is 3.15. The maximum Gasteiger partial charge on any atom is 0.305 e. The van der Waals surface area contributed by atoms with Crippen LogP contribution in [0.25, 0.3) is 11.1 Å². The number of carbonyl (C=O) groups is 1. The first-order valence-electron chi connectivity index (χ1n) is 6.80. The average molecular weight is 288 g/mol. The van der Waals surface area contributed by atoms with Gasteiger partial charge in [-0.15, -0.1) is 0 Å². The molecular formula is C17H17FO3. The van der Waals surface area contributed by atoms with Crippen LogP contribution in [-0.2, 0) is 9.53 Å². The molecule has 0 aromatic heterocycles. The van der Waals surface area contributed by atoms with Gasteiger partial charge in [0.2, 0.25) is 0 Å². The molecule has 0 saturated heterocycles. The molecule has 0 aliphatic rings. The van der Waals surface area contributed by atoms with E-state index in [0.29, 0.717) is 11.1 Å². The van der Waals surface area contributed by atoms with Crippen molar-refractivity contribution in [2.45, 2.75) is 19.4 Å². The number of rotatable bonds is 5. The Morgan fingerprint density at radius 1 is 1.24 bits per heavy atom. The quantitative estimate of drug-likeness (QED) is 0.857. The Hall–Kier alpha value is -2.20. The summed E-state index contributed by atoms with van der Waals surface area (Å²) < 4.78 is 19.0. The average Bonchev–Trinajstić information content (AvgIpc) is 2.52. The zero-order valence-electron chi connectivity index (χ0n) is 11.8. The summed E-state index contributed by atoms with van der Waals surface area (Å²) in [5, 5.41) is 9.91. The zero-order chi connectivity index (χ0) is 15.2. The van der Waals surface area contributed by atoms with Crippen LogP contribution >= 0.6 is 0 Å². The SMILES string of the molecule is CCC(=O)OCC(O)c1ccc(-c2ccccc2)c(F)c1. The Kier molecular flexibility index (Phi) is 5.06. The van der Waals surface area contributed by atoms with Crippen LogP contribution in [0.2, 0.25) is 0 Å². The highest BCUT2D eigenvalue weighted by Gasteiger charge is 2.13. The van der Waals surface area contributed by atoms with E-state index in [1.807, 2.05) is 30.3 Å². The predicted octanol–water partition coefficient (Wildman–Crippen LogP) is 3.48. The fourth-order valence-electron chi connectivity index (χ4n) is 1.96.